The fourth-order valence-electron chi connectivity index (χ4n) is 4.68. The summed E-state index contributed by atoms with van der Waals surface area (Å²) in [5.74, 6) is -1.82. The summed E-state index contributed by atoms with van der Waals surface area (Å²) in [4.78, 5) is 12.4. The van der Waals surface area contributed by atoms with Crippen molar-refractivity contribution in [3.05, 3.63) is 102 Å². The number of hydrogen-bond donors (Lipinski definition) is 3. The van der Waals surface area contributed by atoms with Gasteiger partial charge in [-0.25, -0.2) is 4.79 Å². The monoisotopic (exact) mass is 533 g/mol. The van der Waals surface area contributed by atoms with Crippen LogP contribution in [0, 0.1) is 6.92 Å². The number of phenolic OH excluding ortho intramolecular Hbond substituents is 1. The van der Waals surface area contributed by atoms with Crippen molar-refractivity contribution in [2.24, 2.45) is 10.2 Å². The van der Waals surface area contributed by atoms with Gasteiger partial charge >= 0.3 is 12.1 Å². The maximum Gasteiger partial charge on any atom is 0.416 e. The second-order valence-corrected chi connectivity index (χ2v) is 9.20. The molecule has 4 aromatic rings. The zero-order valence-corrected chi connectivity index (χ0v) is 20.5. The molecule has 0 saturated heterocycles. The second-order valence-electron chi connectivity index (χ2n) is 9.20. The molecule has 0 amide bonds. The molecular weight excluding hydrogens is 511 g/mol. The van der Waals surface area contributed by atoms with Crippen LogP contribution in [0.5, 0.6) is 11.6 Å². The first kappa shape index (κ1) is 25.8. The first-order valence-corrected chi connectivity index (χ1v) is 11.9. The van der Waals surface area contributed by atoms with Crippen LogP contribution in [0.3, 0.4) is 0 Å². The Morgan fingerprint density at radius 3 is 2.46 bits per heavy atom. The van der Waals surface area contributed by atoms with Crippen molar-refractivity contribution < 1.29 is 33.3 Å². The van der Waals surface area contributed by atoms with Crippen LogP contribution in [0.25, 0.3) is 22.2 Å². The Hall–Kier alpha value is -4.86. The summed E-state index contributed by atoms with van der Waals surface area (Å²) in [5, 5.41) is 40.2. The summed E-state index contributed by atoms with van der Waals surface area (Å²) < 4.78 is 42.0. The van der Waals surface area contributed by atoms with Crippen molar-refractivity contribution in [2.45, 2.75) is 25.1 Å². The Balaban J connectivity index is 1.61. The predicted molar refractivity (Wildman–Crippen MR) is 139 cm³/mol. The van der Waals surface area contributed by atoms with Gasteiger partial charge in [-0.2, -0.15) is 18.3 Å². The van der Waals surface area contributed by atoms with E-state index >= 15 is 0 Å². The minimum atomic E-state index is -4.60. The smallest absolute Gasteiger partial charge is 0.416 e. The van der Waals surface area contributed by atoms with Gasteiger partial charge in [-0.15, -0.1) is 5.11 Å². The summed E-state index contributed by atoms with van der Waals surface area (Å²) >= 11 is 0. The fourth-order valence-corrected chi connectivity index (χ4v) is 4.68. The number of halogens is 3. The lowest BCUT2D eigenvalue weighted by Crippen LogP contribution is -2.35. The summed E-state index contributed by atoms with van der Waals surface area (Å²) in [5.41, 5.74) is -1.38. The molecular formula is C29H22F3N3O4. The lowest BCUT2D eigenvalue weighted by atomic mass is 9.84. The zero-order chi connectivity index (χ0) is 27.9. The summed E-state index contributed by atoms with van der Waals surface area (Å²) in [6.45, 7) is 1.35. The summed E-state index contributed by atoms with van der Waals surface area (Å²) in [6.07, 6.45) is -0.196. The molecule has 0 fully saturated rings. The first-order valence-electron chi connectivity index (χ1n) is 11.9. The number of phenols is 1. The number of carboxylic acids is 1. The van der Waals surface area contributed by atoms with Crippen molar-refractivity contribution in [3.8, 4) is 17.3 Å². The van der Waals surface area contributed by atoms with Crippen LogP contribution in [0.1, 0.15) is 23.1 Å². The van der Waals surface area contributed by atoms with E-state index in [1.54, 1.807) is 48.5 Å². The van der Waals surface area contributed by atoms with Crippen molar-refractivity contribution in [3.63, 3.8) is 0 Å². The third kappa shape index (κ3) is 4.54. The second kappa shape index (κ2) is 9.46. The number of carbonyl (C=O) groups is 1. The van der Waals surface area contributed by atoms with E-state index in [4.69, 9.17) is 0 Å². The molecule has 0 spiro atoms. The molecule has 1 aliphatic carbocycles. The number of azo groups is 1. The van der Waals surface area contributed by atoms with Crippen LogP contribution in [0.15, 0.2) is 95.2 Å². The molecule has 1 unspecified atom stereocenters. The van der Waals surface area contributed by atoms with E-state index in [9.17, 15) is 33.3 Å². The van der Waals surface area contributed by atoms with Crippen molar-refractivity contribution in [1.29, 1.82) is 0 Å². The number of aryl methyl sites for hydroxylation is 1. The van der Waals surface area contributed by atoms with Gasteiger partial charge in [-0.1, -0.05) is 54.6 Å². The van der Waals surface area contributed by atoms with Gasteiger partial charge in [0.2, 0.25) is 11.4 Å². The van der Waals surface area contributed by atoms with Crippen molar-refractivity contribution >= 4 is 28.1 Å². The van der Waals surface area contributed by atoms with E-state index in [1.807, 2.05) is 0 Å². The molecule has 0 bridgehead atoms. The van der Waals surface area contributed by atoms with Crippen LogP contribution in [-0.4, -0.2) is 31.4 Å². The Morgan fingerprint density at radius 2 is 1.74 bits per heavy atom. The van der Waals surface area contributed by atoms with Crippen molar-refractivity contribution in [1.82, 2.24) is 4.57 Å². The molecule has 0 saturated carbocycles. The van der Waals surface area contributed by atoms with Crippen LogP contribution in [0.4, 0.5) is 18.9 Å². The van der Waals surface area contributed by atoms with Crippen LogP contribution < -0.4 is 0 Å². The van der Waals surface area contributed by atoms with E-state index in [0.717, 1.165) is 6.07 Å². The number of para-hydroxylation sites is 2. The van der Waals surface area contributed by atoms with E-state index in [0.29, 0.717) is 22.0 Å². The van der Waals surface area contributed by atoms with Gasteiger partial charge in [0.25, 0.3) is 0 Å². The third-order valence-corrected chi connectivity index (χ3v) is 6.69. The molecule has 1 aromatic heterocycles. The highest BCUT2D eigenvalue weighted by Gasteiger charge is 2.40. The number of carboxylic acid groups (broad SMARTS) is 1. The number of benzene rings is 3. The molecule has 10 heteroatoms. The zero-order valence-electron chi connectivity index (χ0n) is 20.5. The maximum atomic E-state index is 13.6. The quantitative estimate of drug-likeness (QED) is 0.234. The molecule has 1 heterocycles. The number of rotatable bonds is 5. The molecule has 0 aliphatic heterocycles. The highest BCUT2D eigenvalue weighted by molar-refractivity contribution is 5.96. The van der Waals surface area contributed by atoms with Gasteiger partial charge in [0.1, 0.15) is 5.75 Å². The first-order chi connectivity index (χ1) is 18.5. The topological polar surface area (TPSA) is 107 Å². The van der Waals surface area contributed by atoms with Gasteiger partial charge in [0.15, 0.2) is 5.69 Å². The number of fused-ring (bicyclic) bond motifs is 1. The summed E-state index contributed by atoms with van der Waals surface area (Å²) in [7, 11) is 0. The average Bonchev–Trinajstić information content (AvgIpc) is 3.18. The summed E-state index contributed by atoms with van der Waals surface area (Å²) in [6, 6.07) is 16.7. The van der Waals surface area contributed by atoms with Gasteiger partial charge < -0.3 is 15.3 Å². The highest BCUT2D eigenvalue weighted by atomic mass is 19.4. The Kier molecular flexibility index (Phi) is 6.26. The Bertz CT molecular complexity index is 1700. The van der Waals surface area contributed by atoms with E-state index < -0.39 is 29.1 Å². The van der Waals surface area contributed by atoms with Gasteiger partial charge in [-0.3, -0.25) is 4.57 Å². The molecule has 1 atom stereocenters. The van der Waals surface area contributed by atoms with Crippen LogP contribution in [0.2, 0.25) is 0 Å². The van der Waals surface area contributed by atoms with Gasteiger partial charge in [-0.05, 0) is 48.4 Å². The molecule has 7 nitrogen and oxygen atoms in total. The molecule has 3 aromatic carbocycles. The number of aliphatic carboxylic acids is 1. The maximum absolute atomic E-state index is 13.6. The number of hydrogen-bond acceptors (Lipinski definition) is 5. The van der Waals surface area contributed by atoms with E-state index in [-0.39, 0.29) is 29.1 Å². The third-order valence-electron chi connectivity index (χ3n) is 6.69. The fraction of sp³-hybridized carbons (Fsp3) is 0.138. The Labute approximate surface area is 220 Å². The van der Waals surface area contributed by atoms with Gasteiger partial charge in [0.05, 0.1) is 11.1 Å². The van der Waals surface area contributed by atoms with E-state index in [2.05, 4.69) is 10.2 Å². The van der Waals surface area contributed by atoms with Crippen LogP contribution >= 0.6 is 0 Å². The predicted octanol–water partition coefficient (Wildman–Crippen LogP) is 7.32. The van der Waals surface area contributed by atoms with Crippen LogP contribution in [-0.2, 0) is 11.0 Å². The molecule has 198 valence electrons. The number of aromatic nitrogens is 1. The largest absolute Gasteiger partial charge is 0.507 e. The molecule has 3 N–H and O–H groups in total. The molecule has 0 radical (unpaired) electrons. The highest BCUT2D eigenvalue weighted by Crippen LogP contribution is 2.44. The minimum Gasteiger partial charge on any atom is -0.507 e. The minimum absolute atomic E-state index is 0.0210. The number of nitrogens with zero attached hydrogens (tertiary/aromatic N) is 3. The molecule has 5 rings (SSSR count). The lowest BCUT2D eigenvalue weighted by Gasteiger charge is -2.25. The Morgan fingerprint density at radius 1 is 1.03 bits per heavy atom. The average molecular weight is 534 g/mol. The SMILES string of the molecule is Cc1ccc(-n2c(O)c(N=NC3(C(=O)O)C=CC=C(c4ccccc4O)C3)c3ccccc32)cc1C(F)(F)F. The van der Waals surface area contributed by atoms with E-state index in [1.165, 1.54) is 41.8 Å². The lowest BCUT2D eigenvalue weighted by molar-refractivity contribution is -0.141. The number of aromatic hydroxyl groups is 2. The molecule has 39 heavy (non-hydrogen) atoms. The number of allylic oxidation sites excluding steroid dienone is 2. The standard InChI is InChI=1S/C29H22F3N3O4/c1-17-12-13-19(15-22(17)29(30,31)32)35-23-10-4-2-9-21(23)25(26(35)37)33-34-28(27(38)39)14-6-7-18(16-28)20-8-3-5-11-24(20)36/h2-15,36-37H,16H2,1H3,(H,38,39). The normalized spacial score (nSPS) is 17.6. The van der Waals surface area contributed by atoms with Gasteiger partial charge in [0, 0.05) is 23.1 Å². The van der Waals surface area contributed by atoms with Crippen molar-refractivity contribution in [2.75, 3.05) is 0 Å². The molecule has 1 aliphatic rings. The number of alkyl halides is 3.